The van der Waals surface area contributed by atoms with Gasteiger partial charge in [-0.05, 0) is 62.8 Å². The third-order valence-electron chi connectivity index (χ3n) is 5.35. The third kappa shape index (κ3) is 3.60. The zero-order chi connectivity index (χ0) is 14.7. The number of anilines is 1. The average Bonchev–Trinajstić information content (AvgIpc) is 2.76. The summed E-state index contributed by atoms with van der Waals surface area (Å²) in [6, 6.07) is 7.57. The van der Waals surface area contributed by atoms with Gasteiger partial charge in [-0.3, -0.25) is 0 Å². The normalized spacial score (nSPS) is 24.9. The minimum absolute atomic E-state index is 0.688. The van der Waals surface area contributed by atoms with Crippen LogP contribution in [0.1, 0.15) is 49.7 Å². The van der Waals surface area contributed by atoms with Crippen LogP contribution in [0.5, 0.6) is 0 Å². The Hall–Kier alpha value is -1.02. The Morgan fingerprint density at radius 1 is 1.05 bits per heavy atom. The van der Waals surface area contributed by atoms with Crippen molar-refractivity contribution < 1.29 is 0 Å². The van der Waals surface area contributed by atoms with Crippen molar-refractivity contribution in [3.63, 3.8) is 0 Å². The summed E-state index contributed by atoms with van der Waals surface area (Å²) in [6.45, 7) is 8.03. The van der Waals surface area contributed by atoms with E-state index in [9.17, 15) is 0 Å². The molecular weight excluding hydrogens is 256 g/mol. The molecule has 21 heavy (non-hydrogen) atoms. The van der Waals surface area contributed by atoms with Crippen LogP contribution in [-0.4, -0.2) is 25.7 Å². The number of hydrogen-bond donors (Lipinski definition) is 1. The first-order valence-corrected chi connectivity index (χ1v) is 8.79. The molecule has 1 unspecified atom stereocenters. The summed E-state index contributed by atoms with van der Waals surface area (Å²) in [5, 5.41) is 3.84. The molecule has 2 heteroatoms. The molecule has 0 bridgehead atoms. The fraction of sp³-hybridized carbons (Fsp3) is 0.684. The smallest absolute Gasteiger partial charge is 0.0399 e. The molecule has 1 aromatic carbocycles. The van der Waals surface area contributed by atoms with Gasteiger partial charge in [-0.15, -0.1) is 0 Å². The van der Waals surface area contributed by atoms with E-state index >= 15 is 0 Å². The predicted octanol–water partition coefficient (Wildman–Crippen LogP) is 4.05. The van der Waals surface area contributed by atoms with Crippen LogP contribution in [0.2, 0.25) is 0 Å². The van der Waals surface area contributed by atoms with E-state index in [1.54, 1.807) is 0 Å². The van der Waals surface area contributed by atoms with Crippen molar-refractivity contribution in [1.82, 2.24) is 5.32 Å². The highest BCUT2D eigenvalue weighted by Gasteiger charge is 2.27. The van der Waals surface area contributed by atoms with Gasteiger partial charge in [0.05, 0.1) is 0 Å². The molecule has 1 saturated heterocycles. The second kappa shape index (κ2) is 6.83. The lowest BCUT2D eigenvalue weighted by molar-refractivity contribution is 0.277. The predicted molar refractivity (Wildman–Crippen MR) is 91.1 cm³/mol. The highest BCUT2D eigenvalue weighted by molar-refractivity contribution is 5.55. The lowest BCUT2D eigenvalue weighted by atomic mass is 9.83. The fourth-order valence-electron chi connectivity index (χ4n) is 4.08. The van der Waals surface area contributed by atoms with E-state index in [0.717, 1.165) is 5.92 Å². The van der Waals surface area contributed by atoms with Crippen LogP contribution in [0, 0.1) is 19.8 Å². The maximum Gasteiger partial charge on any atom is 0.0399 e. The Bertz CT molecular complexity index is 463. The van der Waals surface area contributed by atoms with E-state index in [1.165, 1.54) is 75.0 Å². The molecule has 116 valence electrons. The molecule has 1 heterocycles. The summed E-state index contributed by atoms with van der Waals surface area (Å²) in [5.41, 5.74) is 4.26. The average molecular weight is 286 g/mol. The number of benzene rings is 1. The van der Waals surface area contributed by atoms with E-state index < -0.39 is 0 Å². The first-order chi connectivity index (χ1) is 10.2. The highest BCUT2D eigenvalue weighted by Crippen LogP contribution is 2.29. The van der Waals surface area contributed by atoms with Crippen LogP contribution in [-0.2, 0) is 0 Å². The van der Waals surface area contributed by atoms with Crippen molar-refractivity contribution in [2.75, 3.05) is 24.5 Å². The molecule has 1 atom stereocenters. The second-order valence-electron chi connectivity index (χ2n) is 7.05. The quantitative estimate of drug-likeness (QED) is 0.882. The monoisotopic (exact) mass is 286 g/mol. The van der Waals surface area contributed by atoms with Gasteiger partial charge in [0.1, 0.15) is 0 Å². The molecule has 3 rings (SSSR count). The van der Waals surface area contributed by atoms with Crippen molar-refractivity contribution in [3.05, 3.63) is 29.3 Å². The van der Waals surface area contributed by atoms with Gasteiger partial charge >= 0.3 is 0 Å². The molecule has 1 saturated carbocycles. The van der Waals surface area contributed by atoms with Gasteiger partial charge in [-0.25, -0.2) is 0 Å². The van der Waals surface area contributed by atoms with Crippen LogP contribution >= 0.6 is 0 Å². The molecule has 2 fully saturated rings. The van der Waals surface area contributed by atoms with Crippen LogP contribution in [0.4, 0.5) is 5.69 Å². The van der Waals surface area contributed by atoms with E-state index in [4.69, 9.17) is 0 Å². The van der Waals surface area contributed by atoms with Gasteiger partial charge in [0.25, 0.3) is 0 Å². The van der Waals surface area contributed by atoms with Crippen LogP contribution in [0.15, 0.2) is 18.2 Å². The fourth-order valence-corrected chi connectivity index (χ4v) is 4.08. The molecule has 1 N–H and O–H groups in total. The lowest BCUT2D eigenvalue weighted by Crippen LogP contribution is -2.44. The third-order valence-corrected chi connectivity index (χ3v) is 5.35. The summed E-state index contributed by atoms with van der Waals surface area (Å²) in [6.07, 6.45) is 8.44. The zero-order valence-corrected chi connectivity index (χ0v) is 13.7. The first kappa shape index (κ1) is 14.9. The number of rotatable bonds is 2. The second-order valence-corrected chi connectivity index (χ2v) is 7.05. The summed E-state index contributed by atoms with van der Waals surface area (Å²) in [5.74, 6) is 0.893. The number of nitrogens with zero attached hydrogens (tertiary/aromatic N) is 1. The Morgan fingerprint density at radius 2 is 1.86 bits per heavy atom. The van der Waals surface area contributed by atoms with E-state index in [0.29, 0.717) is 6.04 Å². The van der Waals surface area contributed by atoms with Gasteiger partial charge in [-0.2, -0.15) is 0 Å². The minimum atomic E-state index is 0.688. The standard InChI is InChI=1S/C19H30N2/c1-15-9-10-16(2)19(13-15)21-12-6-11-20-18(14-21)17-7-4-3-5-8-17/h9-10,13,17-18,20H,3-8,11-12,14H2,1-2H3. The van der Waals surface area contributed by atoms with Gasteiger partial charge in [0.15, 0.2) is 0 Å². The number of nitrogens with one attached hydrogen (secondary N) is 1. The molecule has 0 radical (unpaired) electrons. The van der Waals surface area contributed by atoms with Crippen molar-refractivity contribution in [2.45, 2.75) is 58.4 Å². The molecule has 1 aromatic rings. The topological polar surface area (TPSA) is 15.3 Å². The Balaban J connectivity index is 1.76. The Morgan fingerprint density at radius 3 is 2.67 bits per heavy atom. The Kier molecular flexibility index (Phi) is 4.84. The summed E-state index contributed by atoms with van der Waals surface area (Å²) in [4.78, 5) is 2.64. The molecular formula is C19H30N2. The van der Waals surface area contributed by atoms with Crippen molar-refractivity contribution in [1.29, 1.82) is 0 Å². The van der Waals surface area contributed by atoms with Crippen LogP contribution in [0.3, 0.4) is 0 Å². The van der Waals surface area contributed by atoms with Gasteiger partial charge in [0, 0.05) is 24.8 Å². The molecule has 0 amide bonds. The molecule has 0 aromatic heterocycles. The summed E-state index contributed by atoms with van der Waals surface area (Å²) in [7, 11) is 0. The minimum Gasteiger partial charge on any atom is -0.370 e. The highest BCUT2D eigenvalue weighted by atomic mass is 15.2. The lowest BCUT2D eigenvalue weighted by Gasteiger charge is -2.34. The Labute approximate surface area is 129 Å². The molecule has 1 aliphatic carbocycles. The largest absolute Gasteiger partial charge is 0.370 e. The van der Waals surface area contributed by atoms with Crippen LogP contribution < -0.4 is 10.2 Å². The molecule has 1 aliphatic heterocycles. The van der Waals surface area contributed by atoms with Crippen molar-refractivity contribution in [3.8, 4) is 0 Å². The summed E-state index contributed by atoms with van der Waals surface area (Å²) < 4.78 is 0. The van der Waals surface area contributed by atoms with Crippen molar-refractivity contribution >= 4 is 5.69 Å². The molecule has 0 spiro atoms. The summed E-state index contributed by atoms with van der Waals surface area (Å²) >= 11 is 0. The first-order valence-electron chi connectivity index (χ1n) is 8.79. The van der Waals surface area contributed by atoms with Gasteiger partial charge in [-0.1, -0.05) is 31.4 Å². The van der Waals surface area contributed by atoms with Gasteiger partial charge in [0.2, 0.25) is 0 Å². The molecule has 2 nitrogen and oxygen atoms in total. The zero-order valence-electron chi connectivity index (χ0n) is 13.7. The number of aryl methyl sites for hydroxylation is 2. The number of hydrogen-bond acceptors (Lipinski definition) is 2. The van der Waals surface area contributed by atoms with Gasteiger partial charge < -0.3 is 10.2 Å². The van der Waals surface area contributed by atoms with E-state index in [2.05, 4.69) is 42.3 Å². The molecule has 2 aliphatic rings. The maximum absolute atomic E-state index is 3.84. The maximum atomic E-state index is 3.84. The van der Waals surface area contributed by atoms with Crippen LogP contribution in [0.25, 0.3) is 0 Å². The van der Waals surface area contributed by atoms with Crippen molar-refractivity contribution in [2.24, 2.45) is 5.92 Å². The van der Waals surface area contributed by atoms with E-state index in [1.807, 2.05) is 0 Å². The SMILES string of the molecule is Cc1ccc(C)c(N2CCCNC(C3CCCCC3)C2)c1. The van der Waals surface area contributed by atoms with E-state index in [-0.39, 0.29) is 0 Å².